The smallest absolute Gasteiger partial charge is 0.0715 e. The minimum Gasteiger partial charge on any atom is -0.381 e. The van der Waals surface area contributed by atoms with Crippen LogP contribution in [0.1, 0.15) is 18.1 Å². The fourth-order valence-electron chi connectivity index (χ4n) is 1.47. The Hall–Kier alpha value is -0.540. The summed E-state index contributed by atoms with van der Waals surface area (Å²) in [6.45, 7) is 7.07. The number of hydrogen-bond donors (Lipinski definition) is 1. The van der Waals surface area contributed by atoms with Crippen LogP contribution in [0, 0.1) is 13.8 Å². The molecule has 0 aliphatic heterocycles. The molecule has 1 unspecified atom stereocenters. The maximum Gasteiger partial charge on any atom is 0.0715 e. The van der Waals surface area contributed by atoms with Gasteiger partial charge in [0.1, 0.15) is 0 Å². The Balaban J connectivity index is 2.77. The van der Waals surface area contributed by atoms with Crippen LogP contribution in [0.3, 0.4) is 0 Å². The average molecular weight is 272 g/mol. The monoisotopic (exact) mass is 271 g/mol. The summed E-state index contributed by atoms with van der Waals surface area (Å²) in [5, 5.41) is 3.39. The maximum absolute atomic E-state index is 5.20. The molecule has 1 N–H and O–H groups in total. The molecule has 3 heteroatoms. The van der Waals surface area contributed by atoms with Crippen LogP contribution in [-0.2, 0) is 4.74 Å². The van der Waals surface area contributed by atoms with E-state index in [2.05, 4.69) is 47.2 Å². The predicted octanol–water partition coefficient (Wildman–Crippen LogP) is 3.51. The van der Waals surface area contributed by atoms with Crippen LogP contribution >= 0.6 is 15.9 Å². The number of nitrogens with one attached hydrogen (secondary N) is 1. The molecular formula is C12H18BrNO. The number of anilines is 1. The molecule has 0 aliphatic rings. The molecule has 0 bridgehead atoms. The van der Waals surface area contributed by atoms with E-state index in [-0.39, 0.29) is 6.10 Å². The lowest BCUT2D eigenvalue weighted by atomic mass is 10.1. The van der Waals surface area contributed by atoms with Gasteiger partial charge in [0.25, 0.3) is 0 Å². The zero-order chi connectivity index (χ0) is 11.4. The lowest BCUT2D eigenvalue weighted by molar-refractivity contribution is 0.129. The van der Waals surface area contributed by atoms with E-state index in [1.54, 1.807) is 7.11 Å². The summed E-state index contributed by atoms with van der Waals surface area (Å²) < 4.78 is 6.31. The summed E-state index contributed by atoms with van der Waals surface area (Å²) in [7, 11) is 1.73. The van der Waals surface area contributed by atoms with E-state index in [1.807, 2.05) is 6.92 Å². The average Bonchev–Trinajstić information content (AvgIpc) is 2.15. The van der Waals surface area contributed by atoms with E-state index in [0.29, 0.717) is 0 Å². The summed E-state index contributed by atoms with van der Waals surface area (Å²) in [4.78, 5) is 0. The molecule has 15 heavy (non-hydrogen) atoms. The Labute approximate surface area is 100 Å². The first-order valence-corrected chi connectivity index (χ1v) is 5.87. The standard InChI is InChI=1S/C12H18BrNO/c1-8-5-9(2)12(11(13)6-8)14-7-10(3)15-4/h5-6,10,14H,7H2,1-4H3. The number of benzene rings is 1. The third-order valence-electron chi connectivity index (χ3n) is 2.40. The Morgan fingerprint density at radius 3 is 2.60 bits per heavy atom. The van der Waals surface area contributed by atoms with Crippen molar-refractivity contribution in [2.24, 2.45) is 0 Å². The second-order valence-electron chi connectivity index (χ2n) is 3.87. The minimum absolute atomic E-state index is 0.220. The lowest BCUT2D eigenvalue weighted by Crippen LogP contribution is -2.18. The van der Waals surface area contributed by atoms with Gasteiger partial charge in [0, 0.05) is 18.1 Å². The van der Waals surface area contributed by atoms with Gasteiger partial charge in [0.15, 0.2) is 0 Å². The first-order valence-electron chi connectivity index (χ1n) is 5.08. The van der Waals surface area contributed by atoms with Crippen molar-refractivity contribution < 1.29 is 4.74 Å². The predicted molar refractivity (Wildman–Crippen MR) is 68.6 cm³/mol. The van der Waals surface area contributed by atoms with Gasteiger partial charge < -0.3 is 10.1 Å². The summed E-state index contributed by atoms with van der Waals surface area (Å²) in [6, 6.07) is 4.29. The van der Waals surface area contributed by atoms with E-state index in [4.69, 9.17) is 4.74 Å². The molecule has 2 nitrogen and oxygen atoms in total. The molecule has 0 amide bonds. The quantitative estimate of drug-likeness (QED) is 0.905. The van der Waals surface area contributed by atoms with Crippen molar-refractivity contribution in [1.29, 1.82) is 0 Å². The molecular weight excluding hydrogens is 254 g/mol. The van der Waals surface area contributed by atoms with Crippen molar-refractivity contribution in [3.63, 3.8) is 0 Å². The zero-order valence-electron chi connectivity index (χ0n) is 9.73. The van der Waals surface area contributed by atoms with E-state index in [0.717, 1.165) is 16.7 Å². The van der Waals surface area contributed by atoms with Crippen molar-refractivity contribution in [2.75, 3.05) is 19.0 Å². The van der Waals surface area contributed by atoms with E-state index in [9.17, 15) is 0 Å². The Morgan fingerprint density at radius 2 is 2.07 bits per heavy atom. The number of hydrogen-bond acceptors (Lipinski definition) is 2. The maximum atomic E-state index is 5.20. The molecule has 0 saturated heterocycles. The number of rotatable bonds is 4. The molecule has 0 radical (unpaired) electrons. The molecule has 0 aliphatic carbocycles. The SMILES string of the molecule is COC(C)CNc1c(C)cc(C)cc1Br. The van der Waals surface area contributed by atoms with Gasteiger partial charge in [-0.3, -0.25) is 0 Å². The first-order chi connectivity index (χ1) is 7.04. The van der Waals surface area contributed by atoms with Gasteiger partial charge in [-0.1, -0.05) is 6.07 Å². The Kier molecular flexibility index (Phi) is 4.61. The molecule has 1 rings (SSSR count). The largest absolute Gasteiger partial charge is 0.381 e. The van der Waals surface area contributed by atoms with E-state index < -0.39 is 0 Å². The highest BCUT2D eigenvalue weighted by atomic mass is 79.9. The van der Waals surface area contributed by atoms with Crippen molar-refractivity contribution in [1.82, 2.24) is 0 Å². The molecule has 1 aromatic rings. The second-order valence-corrected chi connectivity index (χ2v) is 4.72. The van der Waals surface area contributed by atoms with E-state index >= 15 is 0 Å². The molecule has 0 aromatic heterocycles. The van der Waals surface area contributed by atoms with Crippen molar-refractivity contribution in [3.8, 4) is 0 Å². The number of halogens is 1. The Bertz CT molecular complexity index is 315. The van der Waals surface area contributed by atoms with Crippen molar-refractivity contribution in [2.45, 2.75) is 26.9 Å². The fraction of sp³-hybridized carbons (Fsp3) is 0.500. The molecule has 0 heterocycles. The van der Waals surface area contributed by atoms with Gasteiger partial charge in [-0.05, 0) is 53.9 Å². The molecule has 84 valence electrons. The third kappa shape index (κ3) is 3.50. The first kappa shape index (κ1) is 12.5. The van der Waals surface area contributed by atoms with E-state index in [1.165, 1.54) is 11.1 Å². The van der Waals surface area contributed by atoms with Crippen molar-refractivity contribution >= 4 is 21.6 Å². The summed E-state index contributed by atoms with van der Waals surface area (Å²) in [5.41, 5.74) is 3.68. The number of methoxy groups -OCH3 is 1. The third-order valence-corrected chi connectivity index (χ3v) is 3.03. The van der Waals surface area contributed by atoms with Gasteiger partial charge in [0.2, 0.25) is 0 Å². The van der Waals surface area contributed by atoms with Crippen molar-refractivity contribution in [3.05, 3.63) is 27.7 Å². The molecule has 0 spiro atoms. The Morgan fingerprint density at radius 1 is 1.40 bits per heavy atom. The summed E-state index contributed by atoms with van der Waals surface area (Å²) in [5.74, 6) is 0. The van der Waals surface area contributed by atoms with Crippen LogP contribution < -0.4 is 5.32 Å². The highest BCUT2D eigenvalue weighted by Gasteiger charge is 2.06. The van der Waals surface area contributed by atoms with Gasteiger partial charge in [-0.2, -0.15) is 0 Å². The molecule has 0 saturated carbocycles. The minimum atomic E-state index is 0.220. The summed E-state index contributed by atoms with van der Waals surface area (Å²) in [6.07, 6.45) is 0.220. The highest BCUT2D eigenvalue weighted by molar-refractivity contribution is 9.10. The topological polar surface area (TPSA) is 21.3 Å². The van der Waals surface area contributed by atoms with Gasteiger partial charge in [0.05, 0.1) is 11.8 Å². The fourth-order valence-corrected chi connectivity index (χ4v) is 2.28. The number of aryl methyl sites for hydroxylation is 2. The summed E-state index contributed by atoms with van der Waals surface area (Å²) >= 11 is 3.57. The van der Waals surface area contributed by atoms with Crippen LogP contribution in [0.15, 0.2) is 16.6 Å². The van der Waals surface area contributed by atoms with Gasteiger partial charge in [-0.25, -0.2) is 0 Å². The molecule has 1 atom stereocenters. The molecule has 0 fully saturated rings. The van der Waals surface area contributed by atoms with Gasteiger partial charge in [-0.15, -0.1) is 0 Å². The van der Waals surface area contributed by atoms with Crippen LogP contribution in [0.4, 0.5) is 5.69 Å². The molecule has 1 aromatic carbocycles. The normalized spacial score (nSPS) is 12.6. The van der Waals surface area contributed by atoms with Crippen LogP contribution in [-0.4, -0.2) is 19.8 Å². The van der Waals surface area contributed by atoms with Crippen LogP contribution in [0.5, 0.6) is 0 Å². The van der Waals surface area contributed by atoms with Gasteiger partial charge >= 0.3 is 0 Å². The van der Waals surface area contributed by atoms with Crippen LogP contribution in [0.2, 0.25) is 0 Å². The lowest BCUT2D eigenvalue weighted by Gasteiger charge is -2.15. The highest BCUT2D eigenvalue weighted by Crippen LogP contribution is 2.27. The van der Waals surface area contributed by atoms with Crippen LogP contribution in [0.25, 0.3) is 0 Å². The second kappa shape index (κ2) is 5.52. The number of ether oxygens (including phenoxy) is 1. The zero-order valence-corrected chi connectivity index (χ0v) is 11.3.